The second kappa shape index (κ2) is 5.87. The second-order valence-corrected chi connectivity index (χ2v) is 3.85. The fraction of sp³-hybridized carbons (Fsp3) is 0.133. The fourth-order valence-electron chi connectivity index (χ4n) is 1.55. The largest absolute Gasteiger partial charge is 0.489 e. The quantitative estimate of drug-likeness (QED) is 0.827. The molecule has 1 aromatic carbocycles. The molecule has 0 aliphatic heterocycles. The van der Waals surface area contributed by atoms with Gasteiger partial charge in [0.2, 0.25) is 0 Å². The summed E-state index contributed by atoms with van der Waals surface area (Å²) in [6, 6.07) is 13.0. The lowest BCUT2D eigenvalue weighted by molar-refractivity contribution is 0.353. The van der Waals surface area contributed by atoms with Gasteiger partial charge in [-0.2, -0.15) is 0 Å². The number of hydrogen-bond acceptors (Lipinski definition) is 3. The van der Waals surface area contributed by atoms with Gasteiger partial charge in [-0.25, -0.2) is 4.79 Å². The van der Waals surface area contributed by atoms with Crippen molar-refractivity contribution in [3.05, 3.63) is 70.3 Å². The third-order valence-corrected chi connectivity index (χ3v) is 2.32. The van der Waals surface area contributed by atoms with Gasteiger partial charge in [-0.3, -0.25) is 0 Å². The summed E-state index contributed by atoms with van der Waals surface area (Å²) in [7, 11) is 0. The van der Waals surface area contributed by atoms with Crippen LogP contribution in [0.2, 0.25) is 0 Å². The highest BCUT2D eigenvalue weighted by atomic mass is 16.5. The Morgan fingerprint density at radius 1 is 1.22 bits per heavy atom. The predicted molar refractivity (Wildman–Crippen MR) is 70.7 cm³/mol. The predicted octanol–water partition coefficient (Wildman–Crippen LogP) is 3.04. The minimum absolute atomic E-state index is 0.392. The topological polar surface area (TPSA) is 39.4 Å². The Labute approximate surface area is 105 Å². The molecule has 0 saturated carbocycles. The molecule has 0 unspecified atom stereocenters. The van der Waals surface area contributed by atoms with Gasteiger partial charge >= 0.3 is 5.63 Å². The first kappa shape index (κ1) is 12.2. The van der Waals surface area contributed by atoms with E-state index in [-0.39, 0.29) is 0 Å². The second-order valence-electron chi connectivity index (χ2n) is 3.85. The van der Waals surface area contributed by atoms with E-state index >= 15 is 0 Å². The van der Waals surface area contributed by atoms with Crippen LogP contribution in [0, 0.1) is 6.92 Å². The standard InChI is InChI=1S/C15H14O3/c1-12-10-14(11-15(16)18-12)17-9-5-8-13-6-3-2-4-7-13/h2-8,10-11H,9H2,1H3. The van der Waals surface area contributed by atoms with Crippen molar-refractivity contribution in [1.82, 2.24) is 0 Å². The summed E-state index contributed by atoms with van der Waals surface area (Å²) in [4.78, 5) is 11.1. The summed E-state index contributed by atoms with van der Waals surface area (Å²) in [5, 5.41) is 0. The lowest BCUT2D eigenvalue weighted by Gasteiger charge is -2.02. The van der Waals surface area contributed by atoms with Gasteiger partial charge in [0.05, 0.1) is 6.07 Å². The van der Waals surface area contributed by atoms with Crippen molar-refractivity contribution < 1.29 is 9.15 Å². The molecule has 0 saturated heterocycles. The van der Waals surface area contributed by atoms with E-state index in [0.29, 0.717) is 18.1 Å². The Morgan fingerprint density at radius 2 is 2.00 bits per heavy atom. The first-order valence-electron chi connectivity index (χ1n) is 5.70. The maximum Gasteiger partial charge on any atom is 0.339 e. The molecule has 2 rings (SSSR count). The molecule has 0 amide bonds. The highest BCUT2D eigenvalue weighted by Gasteiger charge is 1.97. The summed E-state index contributed by atoms with van der Waals surface area (Å²) < 4.78 is 10.3. The zero-order valence-electron chi connectivity index (χ0n) is 10.1. The molecule has 3 nitrogen and oxygen atoms in total. The van der Waals surface area contributed by atoms with Gasteiger partial charge in [-0.15, -0.1) is 0 Å². The molecule has 1 heterocycles. The van der Waals surface area contributed by atoms with Crippen molar-refractivity contribution in [3.8, 4) is 5.75 Å². The van der Waals surface area contributed by atoms with E-state index in [9.17, 15) is 4.79 Å². The van der Waals surface area contributed by atoms with Gasteiger partial charge in [-0.1, -0.05) is 36.4 Å². The van der Waals surface area contributed by atoms with Crippen molar-refractivity contribution in [2.75, 3.05) is 6.61 Å². The molecule has 18 heavy (non-hydrogen) atoms. The minimum atomic E-state index is -0.392. The Bertz CT molecular complexity index is 582. The summed E-state index contributed by atoms with van der Waals surface area (Å²) >= 11 is 0. The minimum Gasteiger partial charge on any atom is -0.489 e. The van der Waals surface area contributed by atoms with E-state index in [1.54, 1.807) is 13.0 Å². The molecular formula is C15H14O3. The first-order valence-corrected chi connectivity index (χ1v) is 5.70. The third-order valence-electron chi connectivity index (χ3n) is 2.32. The Hall–Kier alpha value is -2.29. The van der Waals surface area contributed by atoms with Crippen LogP contribution in [0.1, 0.15) is 11.3 Å². The SMILES string of the molecule is Cc1cc(OCC=Cc2ccccc2)cc(=O)o1. The van der Waals surface area contributed by atoms with Gasteiger partial charge < -0.3 is 9.15 Å². The molecule has 1 aromatic heterocycles. The van der Waals surface area contributed by atoms with E-state index in [0.717, 1.165) is 5.56 Å². The zero-order chi connectivity index (χ0) is 12.8. The fourth-order valence-corrected chi connectivity index (χ4v) is 1.55. The molecule has 0 aliphatic rings. The molecule has 0 N–H and O–H groups in total. The van der Waals surface area contributed by atoms with Crippen LogP contribution in [0.5, 0.6) is 5.75 Å². The van der Waals surface area contributed by atoms with Gasteiger partial charge in [0.1, 0.15) is 18.1 Å². The van der Waals surface area contributed by atoms with Crippen LogP contribution in [0.25, 0.3) is 6.08 Å². The van der Waals surface area contributed by atoms with E-state index in [2.05, 4.69) is 0 Å². The van der Waals surface area contributed by atoms with Gasteiger partial charge in [0.25, 0.3) is 0 Å². The molecule has 0 atom stereocenters. The maximum atomic E-state index is 11.1. The van der Waals surface area contributed by atoms with Crippen LogP contribution >= 0.6 is 0 Å². The summed E-state index contributed by atoms with van der Waals surface area (Å²) in [5.74, 6) is 1.08. The molecule has 0 fully saturated rings. The third kappa shape index (κ3) is 3.63. The number of rotatable bonds is 4. The van der Waals surface area contributed by atoms with Crippen LogP contribution in [0.4, 0.5) is 0 Å². The highest BCUT2D eigenvalue weighted by molar-refractivity contribution is 5.48. The number of hydrogen-bond donors (Lipinski definition) is 0. The number of aryl methyl sites for hydroxylation is 1. The van der Waals surface area contributed by atoms with Gasteiger partial charge in [-0.05, 0) is 18.6 Å². The summed E-state index contributed by atoms with van der Waals surface area (Å²) in [6.07, 6.45) is 3.87. The van der Waals surface area contributed by atoms with Crippen molar-refractivity contribution in [2.45, 2.75) is 6.92 Å². The van der Waals surface area contributed by atoms with Crippen molar-refractivity contribution in [1.29, 1.82) is 0 Å². The average molecular weight is 242 g/mol. The molecule has 0 aliphatic carbocycles. The normalized spacial score (nSPS) is 10.7. The lowest BCUT2D eigenvalue weighted by Crippen LogP contribution is -2.01. The number of benzene rings is 1. The Kier molecular flexibility index (Phi) is 3.97. The highest BCUT2D eigenvalue weighted by Crippen LogP contribution is 2.09. The van der Waals surface area contributed by atoms with Crippen molar-refractivity contribution in [3.63, 3.8) is 0 Å². The van der Waals surface area contributed by atoms with Gasteiger partial charge in [0, 0.05) is 6.07 Å². The molecule has 0 spiro atoms. The molecule has 2 aromatic rings. The lowest BCUT2D eigenvalue weighted by atomic mass is 10.2. The van der Waals surface area contributed by atoms with Crippen molar-refractivity contribution >= 4 is 6.08 Å². The average Bonchev–Trinajstić information content (AvgIpc) is 2.35. The molecular weight excluding hydrogens is 228 g/mol. The molecule has 3 heteroatoms. The smallest absolute Gasteiger partial charge is 0.339 e. The maximum absolute atomic E-state index is 11.1. The Morgan fingerprint density at radius 3 is 2.72 bits per heavy atom. The number of ether oxygens (including phenoxy) is 1. The van der Waals surface area contributed by atoms with Crippen LogP contribution in [-0.2, 0) is 0 Å². The van der Waals surface area contributed by atoms with E-state index in [4.69, 9.17) is 9.15 Å². The van der Waals surface area contributed by atoms with E-state index in [1.165, 1.54) is 6.07 Å². The monoisotopic (exact) mass is 242 g/mol. The van der Waals surface area contributed by atoms with Crippen LogP contribution in [0.15, 0.2) is 57.8 Å². The van der Waals surface area contributed by atoms with Crippen LogP contribution in [0.3, 0.4) is 0 Å². The summed E-state index contributed by atoms with van der Waals surface area (Å²) in [5.41, 5.74) is 0.724. The summed E-state index contributed by atoms with van der Waals surface area (Å²) in [6.45, 7) is 2.13. The first-order chi connectivity index (χ1) is 8.74. The van der Waals surface area contributed by atoms with Crippen LogP contribution < -0.4 is 10.4 Å². The van der Waals surface area contributed by atoms with E-state index in [1.807, 2.05) is 42.5 Å². The molecule has 92 valence electrons. The molecule has 0 bridgehead atoms. The van der Waals surface area contributed by atoms with E-state index < -0.39 is 5.63 Å². The Balaban J connectivity index is 1.92. The van der Waals surface area contributed by atoms with Crippen molar-refractivity contribution in [2.24, 2.45) is 0 Å². The van der Waals surface area contributed by atoms with Crippen LogP contribution in [-0.4, -0.2) is 6.61 Å². The molecule has 0 radical (unpaired) electrons. The zero-order valence-corrected chi connectivity index (χ0v) is 10.1. The van der Waals surface area contributed by atoms with Gasteiger partial charge in [0.15, 0.2) is 0 Å².